The summed E-state index contributed by atoms with van der Waals surface area (Å²) >= 11 is 0. The Labute approximate surface area is 91.1 Å². The van der Waals surface area contributed by atoms with Crippen molar-refractivity contribution in [1.29, 1.82) is 0 Å². The van der Waals surface area contributed by atoms with Crippen molar-refractivity contribution in [2.45, 2.75) is 51.2 Å². The SMILES string of the molecule is COC(=O)C1(C)OC12CCC(C)C(C)C2. The van der Waals surface area contributed by atoms with E-state index in [1.807, 2.05) is 6.92 Å². The third-order valence-corrected chi connectivity index (χ3v) is 4.43. The van der Waals surface area contributed by atoms with E-state index >= 15 is 0 Å². The molecule has 15 heavy (non-hydrogen) atoms. The van der Waals surface area contributed by atoms with Crippen LogP contribution in [0.1, 0.15) is 40.0 Å². The van der Waals surface area contributed by atoms with Crippen molar-refractivity contribution in [2.75, 3.05) is 7.11 Å². The van der Waals surface area contributed by atoms with E-state index in [2.05, 4.69) is 13.8 Å². The molecule has 0 aromatic heterocycles. The maximum absolute atomic E-state index is 11.6. The fraction of sp³-hybridized carbons (Fsp3) is 0.917. The number of esters is 1. The lowest BCUT2D eigenvalue weighted by atomic mass is 9.71. The summed E-state index contributed by atoms with van der Waals surface area (Å²) in [5.41, 5.74) is -0.887. The standard InChI is InChI=1S/C12H20O3/c1-8-5-6-12(7-9(8)2)11(3,15-12)10(13)14-4/h8-9H,5-7H2,1-4H3. The third kappa shape index (κ3) is 1.40. The number of epoxide rings is 1. The Morgan fingerprint density at radius 2 is 2.07 bits per heavy atom. The molecule has 1 saturated heterocycles. The fourth-order valence-corrected chi connectivity index (χ4v) is 2.88. The molecule has 0 N–H and O–H groups in total. The Hall–Kier alpha value is -0.570. The van der Waals surface area contributed by atoms with Gasteiger partial charge in [0.15, 0.2) is 5.60 Å². The van der Waals surface area contributed by atoms with Gasteiger partial charge >= 0.3 is 5.97 Å². The van der Waals surface area contributed by atoms with E-state index in [0.717, 1.165) is 25.2 Å². The Morgan fingerprint density at radius 3 is 2.60 bits per heavy atom. The summed E-state index contributed by atoms with van der Waals surface area (Å²) in [6.45, 7) is 6.38. The minimum Gasteiger partial charge on any atom is -0.467 e. The molecule has 86 valence electrons. The smallest absolute Gasteiger partial charge is 0.340 e. The van der Waals surface area contributed by atoms with Crippen LogP contribution in [0.4, 0.5) is 0 Å². The topological polar surface area (TPSA) is 38.8 Å². The van der Waals surface area contributed by atoms with Gasteiger partial charge in [-0.3, -0.25) is 0 Å². The van der Waals surface area contributed by atoms with Crippen LogP contribution in [0.2, 0.25) is 0 Å². The Bertz CT molecular complexity index is 289. The van der Waals surface area contributed by atoms with Gasteiger partial charge in [-0.1, -0.05) is 13.8 Å². The van der Waals surface area contributed by atoms with Crippen LogP contribution in [-0.2, 0) is 14.3 Å². The molecule has 3 nitrogen and oxygen atoms in total. The summed E-state index contributed by atoms with van der Waals surface area (Å²) in [5.74, 6) is 1.15. The number of carbonyl (C=O) groups is 1. The average molecular weight is 212 g/mol. The van der Waals surface area contributed by atoms with Crippen molar-refractivity contribution >= 4 is 5.97 Å². The van der Waals surface area contributed by atoms with Crippen LogP contribution in [-0.4, -0.2) is 24.3 Å². The lowest BCUT2D eigenvalue weighted by molar-refractivity contribution is -0.146. The van der Waals surface area contributed by atoms with Crippen LogP contribution in [0.3, 0.4) is 0 Å². The van der Waals surface area contributed by atoms with E-state index in [1.54, 1.807) is 0 Å². The second-order valence-corrected chi connectivity index (χ2v) is 5.32. The molecule has 1 saturated carbocycles. The first-order chi connectivity index (χ1) is 6.95. The lowest BCUT2D eigenvalue weighted by Gasteiger charge is -2.31. The molecule has 0 aromatic rings. The number of hydrogen-bond acceptors (Lipinski definition) is 3. The third-order valence-electron chi connectivity index (χ3n) is 4.43. The number of rotatable bonds is 1. The zero-order valence-electron chi connectivity index (χ0n) is 10.0. The molecule has 4 unspecified atom stereocenters. The Kier molecular flexibility index (Phi) is 2.34. The van der Waals surface area contributed by atoms with E-state index < -0.39 is 5.60 Å². The molecular formula is C12H20O3. The predicted molar refractivity (Wildman–Crippen MR) is 56.4 cm³/mol. The van der Waals surface area contributed by atoms with Crippen molar-refractivity contribution in [2.24, 2.45) is 11.8 Å². The molecule has 1 aliphatic carbocycles. The molecular weight excluding hydrogens is 192 g/mol. The minimum atomic E-state index is -0.670. The molecule has 2 fully saturated rings. The van der Waals surface area contributed by atoms with Gasteiger partial charge in [0.05, 0.1) is 7.11 Å². The van der Waals surface area contributed by atoms with Crippen molar-refractivity contribution in [3.05, 3.63) is 0 Å². The van der Waals surface area contributed by atoms with Crippen LogP contribution in [0, 0.1) is 11.8 Å². The first-order valence-electron chi connectivity index (χ1n) is 5.74. The van der Waals surface area contributed by atoms with Crippen molar-refractivity contribution in [3.63, 3.8) is 0 Å². The molecule has 4 atom stereocenters. The molecule has 3 heteroatoms. The molecule has 1 spiro atoms. The zero-order chi connectivity index (χ0) is 11.3. The number of carbonyl (C=O) groups excluding carboxylic acids is 1. The molecule has 0 amide bonds. The molecule has 2 aliphatic rings. The fourth-order valence-electron chi connectivity index (χ4n) is 2.88. The van der Waals surface area contributed by atoms with Gasteiger partial charge in [-0.05, 0) is 38.0 Å². The maximum Gasteiger partial charge on any atom is 0.340 e. The largest absolute Gasteiger partial charge is 0.467 e. The maximum atomic E-state index is 11.6. The van der Waals surface area contributed by atoms with Gasteiger partial charge in [-0.2, -0.15) is 0 Å². The van der Waals surface area contributed by atoms with E-state index in [4.69, 9.17) is 9.47 Å². The van der Waals surface area contributed by atoms with Crippen LogP contribution in [0.25, 0.3) is 0 Å². The number of hydrogen-bond donors (Lipinski definition) is 0. The molecule has 0 aromatic carbocycles. The van der Waals surface area contributed by atoms with Gasteiger partial charge in [0.25, 0.3) is 0 Å². The van der Waals surface area contributed by atoms with E-state index in [-0.39, 0.29) is 11.6 Å². The first-order valence-corrected chi connectivity index (χ1v) is 5.74. The molecule has 2 rings (SSSR count). The van der Waals surface area contributed by atoms with Crippen LogP contribution >= 0.6 is 0 Å². The van der Waals surface area contributed by atoms with Gasteiger partial charge in [-0.25, -0.2) is 4.79 Å². The molecule has 1 heterocycles. The van der Waals surface area contributed by atoms with E-state index in [9.17, 15) is 4.79 Å². The van der Waals surface area contributed by atoms with Gasteiger partial charge in [0, 0.05) is 0 Å². The molecule has 1 aliphatic heterocycles. The molecule has 0 bridgehead atoms. The van der Waals surface area contributed by atoms with Crippen molar-refractivity contribution in [3.8, 4) is 0 Å². The van der Waals surface area contributed by atoms with Crippen molar-refractivity contribution < 1.29 is 14.3 Å². The van der Waals surface area contributed by atoms with Gasteiger partial charge in [0.1, 0.15) is 5.60 Å². The number of ether oxygens (including phenoxy) is 2. The lowest BCUT2D eigenvalue weighted by Crippen LogP contribution is -2.37. The van der Waals surface area contributed by atoms with Gasteiger partial charge in [0.2, 0.25) is 0 Å². The summed E-state index contributed by atoms with van der Waals surface area (Å²) < 4.78 is 10.5. The highest BCUT2D eigenvalue weighted by Crippen LogP contribution is 2.58. The Morgan fingerprint density at radius 1 is 1.40 bits per heavy atom. The van der Waals surface area contributed by atoms with Crippen LogP contribution < -0.4 is 0 Å². The molecule has 0 radical (unpaired) electrons. The predicted octanol–water partition coefficient (Wildman–Crippen LogP) is 2.14. The van der Waals surface area contributed by atoms with E-state index in [1.165, 1.54) is 7.11 Å². The average Bonchev–Trinajstić information content (AvgIpc) is 2.78. The van der Waals surface area contributed by atoms with Crippen LogP contribution in [0.5, 0.6) is 0 Å². The quantitative estimate of drug-likeness (QED) is 0.494. The summed E-state index contributed by atoms with van der Waals surface area (Å²) in [7, 11) is 1.43. The summed E-state index contributed by atoms with van der Waals surface area (Å²) in [6.07, 6.45) is 3.12. The highest BCUT2D eigenvalue weighted by molar-refractivity contribution is 5.84. The second kappa shape index (κ2) is 3.21. The van der Waals surface area contributed by atoms with Gasteiger partial charge in [-0.15, -0.1) is 0 Å². The minimum absolute atomic E-state index is 0.216. The van der Waals surface area contributed by atoms with Gasteiger partial charge < -0.3 is 9.47 Å². The highest BCUT2D eigenvalue weighted by atomic mass is 16.7. The Balaban J connectivity index is 2.10. The van der Waals surface area contributed by atoms with Crippen LogP contribution in [0.15, 0.2) is 0 Å². The van der Waals surface area contributed by atoms with Crippen molar-refractivity contribution in [1.82, 2.24) is 0 Å². The zero-order valence-corrected chi connectivity index (χ0v) is 10.0. The van der Waals surface area contributed by atoms with E-state index in [0.29, 0.717) is 5.92 Å². The summed E-state index contributed by atoms with van der Waals surface area (Å²) in [5, 5.41) is 0. The first kappa shape index (κ1) is 10.9. The second-order valence-electron chi connectivity index (χ2n) is 5.32. The highest BCUT2D eigenvalue weighted by Gasteiger charge is 2.72. The summed E-state index contributed by atoms with van der Waals surface area (Å²) in [6, 6.07) is 0. The monoisotopic (exact) mass is 212 g/mol. The summed E-state index contributed by atoms with van der Waals surface area (Å²) in [4.78, 5) is 11.6. The number of methoxy groups -OCH3 is 1. The normalized spacial score (nSPS) is 49.1.